The molecule has 7 nitrogen and oxygen atoms in total. The smallest absolute Gasteiger partial charge is 0.337 e. The summed E-state index contributed by atoms with van der Waals surface area (Å²) in [6, 6.07) is 18.7. The first kappa shape index (κ1) is 23.3. The van der Waals surface area contributed by atoms with Crippen LogP contribution >= 0.6 is 11.6 Å². The van der Waals surface area contributed by atoms with Crippen LogP contribution in [0.5, 0.6) is 0 Å². The molecule has 3 aromatic rings. The van der Waals surface area contributed by atoms with E-state index in [9.17, 15) is 18.0 Å². The highest BCUT2D eigenvalue weighted by molar-refractivity contribution is 7.92. The van der Waals surface area contributed by atoms with Gasteiger partial charge in [0, 0.05) is 10.7 Å². The van der Waals surface area contributed by atoms with Crippen molar-refractivity contribution in [3.63, 3.8) is 0 Å². The van der Waals surface area contributed by atoms with Crippen molar-refractivity contribution in [2.75, 3.05) is 23.3 Å². The minimum atomic E-state index is -4.04. The van der Waals surface area contributed by atoms with Crippen LogP contribution in [0.1, 0.15) is 15.9 Å². The summed E-state index contributed by atoms with van der Waals surface area (Å²) >= 11 is 6.06. The third-order valence-electron chi connectivity index (χ3n) is 4.58. The number of amides is 1. The van der Waals surface area contributed by atoms with Gasteiger partial charge in [-0.25, -0.2) is 13.2 Å². The maximum Gasteiger partial charge on any atom is 0.337 e. The SMILES string of the molecule is COC(=O)c1ccc(NC(=O)CN(c2cccc(Cl)c2)S(=O)(=O)c2ccc(C)cc2)cc1. The lowest BCUT2D eigenvalue weighted by molar-refractivity contribution is -0.114. The zero-order chi connectivity index (χ0) is 23.3. The fraction of sp³-hybridized carbons (Fsp3) is 0.130. The average Bonchev–Trinajstić information content (AvgIpc) is 2.77. The van der Waals surface area contributed by atoms with Gasteiger partial charge in [0.25, 0.3) is 10.0 Å². The van der Waals surface area contributed by atoms with Gasteiger partial charge in [-0.2, -0.15) is 0 Å². The number of nitrogens with zero attached hydrogens (tertiary/aromatic N) is 1. The van der Waals surface area contributed by atoms with Crippen LogP contribution in [-0.2, 0) is 19.6 Å². The number of sulfonamides is 1. The van der Waals surface area contributed by atoms with Crippen LogP contribution in [0.4, 0.5) is 11.4 Å². The summed E-state index contributed by atoms with van der Waals surface area (Å²) in [6.07, 6.45) is 0. The molecule has 3 rings (SSSR count). The first-order valence-corrected chi connectivity index (χ1v) is 11.4. The van der Waals surface area contributed by atoms with E-state index in [1.165, 1.54) is 49.6 Å². The van der Waals surface area contributed by atoms with Crippen LogP contribution < -0.4 is 9.62 Å². The fourth-order valence-corrected chi connectivity index (χ4v) is 4.52. The Kier molecular flexibility index (Phi) is 7.17. The molecular weight excluding hydrogens is 452 g/mol. The maximum absolute atomic E-state index is 13.3. The number of carbonyl (C=O) groups excluding carboxylic acids is 2. The molecule has 1 N–H and O–H groups in total. The Morgan fingerprint density at radius 2 is 1.66 bits per heavy atom. The fourth-order valence-electron chi connectivity index (χ4n) is 2.92. The summed E-state index contributed by atoms with van der Waals surface area (Å²) in [7, 11) is -2.77. The quantitative estimate of drug-likeness (QED) is 0.518. The Morgan fingerprint density at radius 3 is 2.25 bits per heavy atom. The number of methoxy groups -OCH3 is 1. The van der Waals surface area contributed by atoms with Crippen molar-refractivity contribution in [3.8, 4) is 0 Å². The third kappa shape index (κ3) is 5.46. The maximum atomic E-state index is 13.3. The molecule has 0 saturated carbocycles. The molecule has 9 heteroatoms. The molecule has 0 bridgehead atoms. The molecule has 0 aliphatic heterocycles. The van der Waals surface area contributed by atoms with Gasteiger partial charge in [-0.15, -0.1) is 0 Å². The topological polar surface area (TPSA) is 92.8 Å². The van der Waals surface area contributed by atoms with Gasteiger partial charge in [0.05, 0.1) is 23.3 Å². The van der Waals surface area contributed by atoms with Crippen molar-refractivity contribution in [2.45, 2.75) is 11.8 Å². The van der Waals surface area contributed by atoms with E-state index in [0.717, 1.165) is 9.87 Å². The van der Waals surface area contributed by atoms with Gasteiger partial charge in [-0.3, -0.25) is 9.10 Å². The van der Waals surface area contributed by atoms with Crippen molar-refractivity contribution >= 4 is 44.9 Å². The number of nitrogens with one attached hydrogen (secondary N) is 1. The normalized spacial score (nSPS) is 11.0. The minimum Gasteiger partial charge on any atom is -0.465 e. The molecule has 0 atom stereocenters. The summed E-state index contributed by atoms with van der Waals surface area (Å²) in [5, 5.41) is 2.98. The van der Waals surface area contributed by atoms with Crippen LogP contribution in [0, 0.1) is 6.92 Å². The summed E-state index contributed by atoms with van der Waals surface area (Å²) < 4.78 is 32.3. The second-order valence-electron chi connectivity index (χ2n) is 6.92. The van der Waals surface area contributed by atoms with Crippen LogP contribution in [-0.4, -0.2) is 33.9 Å². The molecule has 0 saturated heterocycles. The number of hydrogen-bond donors (Lipinski definition) is 1. The number of esters is 1. The Labute approximate surface area is 191 Å². The molecule has 3 aromatic carbocycles. The van der Waals surface area contributed by atoms with E-state index in [1.807, 2.05) is 6.92 Å². The van der Waals surface area contributed by atoms with E-state index in [0.29, 0.717) is 16.3 Å². The largest absolute Gasteiger partial charge is 0.465 e. The van der Waals surface area contributed by atoms with Crippen LogP contribution in [0.2, 0.25) is 5.02 Å². The number of carbonyl (C=O) groups is 2. The van der Waals surface area contributed by atoms with Crippen molar-refractivity contribution in [1.82, 2.24) is 0 Å². The highest BCUT2D eigenvalue weighted by Gasteiger charge is 2.27. The lowest BCUT2D eigenvalue weighted by atomic mass is 10.2. The molecule has 0 spiro atoms. The molecule has 0 radical (unpaired) electrons. The van der Waals surface area contributed by atoms with Crippen LogP contribution in [0.15, 0.2) is 77.7 Å². The van der Waals surface area contributed by atoms with Crippen LogP contribution in [0.25, 0.3) is 0 Å². The Hall–Kier alpha value is -3.36. The molecule has 0 fully saturated rings. The Bertz CT molecular complexity index is 1230. The zero-order valence-electron chi connectivity index (χ0n) is 17.4. The first-order valence-electron chi connectivity index (χ1n) is 9.54. The highest BCUT2D eigenvalue weighted by atomic mass is 35.5. The molecule has 0 heterocycles. The van der Waals surface area contributed by atoms with Crippen molar-refractivity contribution in [3.05, 3.63) is 88.9 Å². The van der Waals surface area contributed by atoms with Crippen LogP contribution in [0.3, 0.4) is 0 Å². The lowest BCUT2D eigenvalue weighted by Gasteiger charge is -2.24. The average molecular weight is 473 g/mol. The standard InChI is InChI=1S/C23H21ClN2O5S/c1-16-6-12-21(13-7-16)32(29,30)26(20-5-3-4-18(24)14-20)15-22(27)25-19-10-8-17(9-11-19)23(28)31-2/h3-14H,15H2,1-2H3,(H,25,27). The van der Waals surface area contributed by atoms with E-state index in [4.69, 9.17) is 11.6 Å². The predicted octanol–water partition coefficient (Wildman–Crippen LogP) is 4.27. The molecule has 1 amide bonds. The van der Waals surface area contributed by atoms with E-state index < -0.39 is 28.4 Å². The van der Waals surface area contributed by atoms with Gasteiger partial charge in [0.1, 0.15) is 6.54 Å². The monoisotopic (exact) mass is 472 g/mol. The van der Waals surface area contributed by atoms with E-state index in [-0.39, 0.29) is 10.6 Å². The van der Waals surface area contributed by atoms with Crippen molar-refractivity contribution in [1.29, 1.82) is 0 Å². The van der Waals surface area contributed by atoms with E-state index in [2.05, 4.69) is 10.1 Å². The number of aryl methyl sites for hydroxylation is 1. The molecule has 0 aromatic heterocycles. The highest BCUT2D eigenvalue weighted by Crippen LogP contribution is 2.26. The summed E-state index contributed by atoms with van der Waals surface area (Å²) in [5.41, 5.74) is 1.90. The minimum absolute atomic E-state index is 0.0540. The van der Waals surface area contributed by atoms with Gasteiger partial charge in [0.15, 0.2) is 0 Å². The number of rotatable bonds is 7. The zero-order valence-corrected chi connectivity index (χ0v) is 19.0. The second kappa shape index (κ2) is 9.84. The Balaban J connectivity index is 1.88. The number of ether oxygens (including phenoxy) is 1. The first-order chi connectivity index (χ1) is 15.2. The van der Waals surface area contributed by atoms with E-state index in [1.54, 1.807) is 30.3 Å². The molecular formula is C23H21ClN2O5S. The predicted molar refractivity (Wildman–Crippen MR) is 124 cm³/mol. The molecule has 0 aliphatic carbocycles. The third-order valence-corrected chi connectivity index (χ3v) is 6.61. The van der Waals surface area contributed by atoms with Gasteiger partial charge in [0.2, 0.25) is 5.91 Å². The molecule has 0 aliphatic rings. The van der Waals surface area contributed by atoms with Crippen molar-refractivity contribution in [2.24, 2.45) is 0 Å². The van der Waals surface area contributed by atoms with Crippen molar-refractivity contribution < 1.29 is 22.7 Å². The summed E-state index contributed by atoms with van der Waals surface area (Å²) in [6.45, 7) is 1.37. The molecule has 166 valence electrons. The number of halogens is 1. The van der Waals surface area contributed by atoms with Gasteiger partial charge in [-0.05, 0) is 61.5 Å². The number of benzene rings is 3. The summed E-state index contributed by atoms with van der Waals surface area (Å²) in [5.74, 6) is -1.06. The Morgan fingerprint density at radius 1 is 1.00 bits per heavy atom. The van der Waals surface area contributed by atoms with Gasteiger partial charge >= 0.3 is 5.97 Å². The van der Waals surface area contributed by atoms with Gasteiger partial charge in [-0.1, -0.05) is 35.4 Å². The molecule has 0 unspecified atom stereocenters. The lowest BCUT2D eigenvalue weighted by Crippen LogP contribution is -2.38. The second-order valence-corrected chi connectivity index (χ2v) is 9.22. The number of anilines is 2. The number of hydrogen-bond acceptors (Lipinski definition) is 5. The summed E-state index contributed by atoms with van der Waals surface area (Å²) in [4.78, 5) is 24.3. The van der Waals surface area contributed by atoms with E-state index >= 15 is 0 Å². The van der Waals surface area contributed by atoms with Gasteiger partial charge < -0.3 is 10.1 Å². The molecule has 32 heavy (non-hydrogen) atoms.